The second kappa shape index (κ2) is 7.13. The predicted octanol–water partition coefficient (Wildman–Crippen LogP) is 3.63. The lowest BCUT2D eigenvalue weighted by molar-refractivity contribution is -0.149. The molecule has 0 radical (unpaired) electrons. The van der Waals surface area contributed by atoms with Crippen LogP contribution in [-0.4, -0.2) is 29.0 Å². The van der Waals surface area contributed by atoms with Crippen molar-refractivity contribution < 1.29 is 19.1 Å². The van der Waals surface area contributed by atoms with E-state index in [4.69, 9.17) is 9.47 Å². The molecule has 0 unspecified atom stereocenters. The van der Waals surface area contributed by atoms with E-state index in [-0.39, 0.29) is 12.4 Å². The van der Waals surface area contributed by atoms with E-state index in [0.717, 1.165) is 24.2 Å². The standard InChI is InChI=1S/C20H23NO4/c1-13-11-18(14(2)21(13)16-9-10-16)19(22)12-24-20(23)15(3)25-17-7-5-4-6-8-17/h4-8,11,15-16H,9-10,12H2,1-3H3/t15-/m0/s1. The first-order valence-corrected chi connectivity index (χ1v) is 8.57. The summed E-state index contributed by atoms with van der Waals surface area (Å²) in [5.41, 5.74) is 2.67. The van der Waals surface area contributed by atoms with Crippen LogP contribution in [0.5, 0.6) is 5.75 Å². The number of para-hydroxylation sites is 1. The van der Waals surface area contributed by atoms with Crippen molar-refractivity contribution in [3.63, 3.8) is 0 Å². The molecule has 1 saturated carbocycles. The van der Waals surface area contributed by atoms with Crippen molar-refractivity contribution in [1.82, 2.24) is 4.57 Å². The van der Waals surface area contributed by atoms with E-state index in [2.05, 4.69) is 4.57 Å². The Balaban J connectivity index is 1.57. The quantitative estimate of drug-likeness (QED) is 0.570. The van der Waals surface area contributed by atoms with E-state index < -0.39 is 12.1 Å². The number of ketones is 1. The number of Topliss-reactive ketones (excluding diaryl/α,β-unsaturated/α-hetero) is 1. The molecule has 0 bridgehead atoms. The minimum Gasteiger partial charge on any atom is -0.479 e. The van der Waals surface area contributed by atoms with Gasteiger partial charge in [0.15, 0.2) is 12.7 Å². The number of benzene rings is 1. The van der Waals surface area contributed by atoms with Crippen LogP contribution in [0.3, 0.4) is 0 Å². The number of esters is 1. The summed E-state index contributed by atoms with van der Waals surface area (Å²) in [7, 11) is 0. The molecule has 2 aromatic rings. The summed E-state index contributed by atoms with van der Waals surface area (Å²) in [6.07, 6.45) is 1.55. The summed E-state index contributed by atoms with van der Waals surface area (Å²) >= 11 is 0. The molecule has 1 aliphatic carbocycles. The van der Waals surface area contributed by atoms with Gasteiger partial charge in [0.1, 0.15) is 5.75 Å². The van der Waals surface area contributed by atoms with Crippen molar-refractivity contribution >= 4 is 11.8 Å². The van der Waals surface area contributed by atoms with E-state index in [1.54, 1.807) is 19.1 Å². The Morgan fingerprint density at radius 2 is 1.88 bits per heavy atom. The molecule has 1 fully saturated rings. The Hall–Kier alpha value is -2.56. The number of hydrogen-bond acceptors (Lipinski definition) is 4. The monoisotopic (exact) mass is 341 g/mol. The normalized spacial score (nSPS) is 14.8. The largest absolute Gasteiger partial charge is 0.479 e. The molecule has 1 atom stereocenters. The molecule has 1 aromatic heterocycles. The highest BCUT2D eigenvalue weighted by atomic mass is 16.6. The van der Waals surface area contributed by atoms with E-state index >= 15 is 0 Å². The van der Waals surface area contributed by atoms with Gasteiger partial charge in [0.2, 0.25) is 5.78 Å². The van der Waals surface area contributed by atoms with Crippen LogP contribution in [0.25, 0.3) is 0 Å². The lowest BCUT2D eigenvalue weighted by Gasteiger charge is -2.13. The topological polar surface area (TPSA) is 57.5 Å². The zero-order valence-electron chi connectivity index (χ0n) is 14.8. The number of carbonyl (C=O) groups is 2. The van der Waals surface area contributed by atoms with Gasteiger partial charge in [-0.1, -0.05) is 18.2 Å². The van der Waals surface area contributed by atoms with Crippen molar-refractivity contribution in [3.8, 4) is 5.75 Å². The zero-order chi connectivity index (χ0) is 18.0. The summed E-state index contributed by atoms with van der Waals surface area (Å²) in [4.78, 5) is 24.5. The number of carbonyl (C=O) groups excluding carboxylic acids is 2. The zero-order valence-corrected chi connectivity index (χ0v) is 14.8. The maximum atomic E-state index is 12.4. The summed E-state index contributed by atoms with van der Waals surface area (Å²) < 4.78 is 12.9. The molecule has 0 N–H and O–H groups in total. The lowest BCUT2D eigenvalue weighted by atomic mass is 10.1. The fourth-order valence-electron chi connectivity index (χ4n) is 3.04. The predicted molar refractivity (Wildman–Crippen MR) is 94.0 cm³/mol. The number of nitrogens with zero attached hydrogens (tertiary/aromatic N) is 1. The molecule has 5 nitrogen and oxygen atoms in total. The summed E-state index contributed by atoms with van der Waals surface area (Å²) in [6.45, 7) is 5.29. The third kappa shape index (κ3) is 3.92. The lowest BCUT2D eigenvalue weighted by Crippen LogP contribution is -2.28. The molecule has 132 valence electrons. The molecule has 0 aliphatic heterocycles. The van der Waals surface area contributed by atoms with Gasteiger partial charge in [-0.3, -0.25) is 4.79 Å². The van der Waals surface area contributed by atoms with Gasteiger partial charge in [0.25, 0.3) is 0 Å². The molecule has 5 heteroatoms. The highest BCUT2D eigenvalue weighted by Gasteiger charge is 2.28. The molecule has 1 aromatic carbocycles. The number of ether oxygens (including phenoxy) is 2. The average Bonchev–Trinajstić information content (AvgIpc) is 3.38. The molecule has 1 aliphatic rings. The Kier molecular flexibility index (Phi) is 4.93. The van der Waals surface area contributed by atoms with Crippen molar-refractivity contribution in [1.29, 1.82) is 0 Å². The van der Waals surface area contributed by atoms with Crippen LogP contribution < -0.4 is 4.74 Å². The number of rotatable bonds is 7. The molecule has 25 heavy (non-hydrogen) atoms. The van der Waals surface area contributed by atoms with E-state index in [1.807, 2.05) is 38.1 Å². The van der Waals surface area contributed by atoms with Gasteiger partial charge in [-0.2, -0.15) is 0 Å². The smallest absolute Gasteiger partial charge is 0.347 e. The minimum atomic E-state index is -0.769. The Labute approximate surface area is 147 Å². The van der Waals surface area contributed by atoms with Crippen LogP contribution in [0.2, 0.25) is 0 Å². The van der Waals surface area contributed by atoms with Gasteiger partial charge < -0.3 is 14.0 Å². The second-order valence-corrected chi connectivity index (χ2v) is 6.49. The maximum Gasteiger partial charge on any atom is 0.347 e. The first-order chi connectivity index (χ1) is 12.0. The minimum absolute atomic E-state index is 0.180. The van der Waals surface area contributed by atoms with Gasteiger partial charge in [0.05, 0.1) is 0 Å². The molecular weight excluding hydrogens is 318 g/mol. The first-order valence-electron chi connectivity index (χ1n) is 8.57. The van der Waals surface area contributed by atoms with Gasteiger partial charge in [-0.25, -0.2) is 4.79 Å². The van der Waals surface area contributed by atoms with Crippen molar-refractivity contribution in [2.24, 2.45) is 0 Å². The fraction of sp³-hybridized carbons (Fsp3) is 0.400. The molecule has 0 spiro atoms. The fourth-order valence-corrected chi connectivity index (χ4v) is 3.04. The van der Waals surface area contributed by atoms with Crippen LogP contribution in [-0.2, 0) is 9.53 Å². The number of hydrogen-bond donors (Lipinski definition) is 0. The molecule has 1 heterocycles. The Morgan fingerprint density at radius 1 is 1.20 bits per heavy atom. The number of aryl methyl sites for hydroxylation is 1. The molecule has 3 rings (SSSR count). The van der Waals surface area contributed by atoms with Crippen LogP contribution in [0.15, 0.2) is 36.4 Å². The highest BCUT2D eigenvalue weighted by Crippen LogP contribution is 2.38. The maximum absolute atomic E-state index is 12.4. The first kappa shape index (κ1) is 17.3. The van der Waals surface area contributed by atoms with Gasteiger partial charge >= 0.3 is 5.97 Å². The summed E-state index contributed by atoms with van der Waals surface area (Å²) in [5, 5.41) is 0. The van der Waals surface area contributed by atoms with Gasteiger partial charge in [-0.15, -0.1) is 0 Å². The van der Waals surface area contributed by atoms with Crippen molar-refractivity contribution in [2.75, 3.05) is 6.61 Å². The molecular formula is C20H23NO4. The summed E-state index contributed by atoms with van der Waals surface area (Å²) in [5.74, 6) is -0.139. The molecule has 0 saturated heterocycles. The van der Waals surface area contributed by atoms with Gasteiger partial charge in [-0.05, 0) is 51.8 Å². The highest BCUT2D eigenvalue weighted by molar-refractivity contribution is 5.99. The Bertz CT molecular complexity index is 774. The Morgan fingerprint density at radius 3 is 2.52 bits per heavy atom. The van der Waals surface area contributed by atoms with Crippen molar-refractivity contribution in [2.45, 2.75) is 45.8 Å². The third-order valence-electron chi connectivity index (χ3n) is 4.43. The molecule has 0 amide bonds. The third-order valence-corrected chi connectivity index (χ3v) is 4.43. The van der Waals surface area contributed by atoms with E-state index in [1.165, 1.54) is 0 Å². The number of aromatic nitrogens is 1. The van der Waals surface area contributed by atoms with E-state index in [0.29, 0.717) is 17.4 Å². The van der Waals surface area contributed by atoms with Crippen molar-refractivity contribution in [3.05, 3.63) is 53.3 Å². The van der Waals surface area contributed by atoms with Crippen LogP contribution >= 0.6 is 0 Å². The van der Waals surface area contributed by atoms with E-state index in [9.17, 15) is 9.59 Å². The van der Waals surface area contributed by atoms with Gasteiger partial charge in [0, 0.05) is 23.0 Å². The summed E-state index contributed by atoms with van der Waals surface area (Å²) in [6, 6.07) is 11.5. The second-order valence-electron chi connectivity index (χ2n) is 6.49. The van der Waals surface area contributed by atoms with Crippen LogP contribution in [0.4, 0.5) is 0 Å². The average molecular weight is 341 g/mol. The van der Waals surface area contributed by atoms with Crippen LogP contribution in [0.1, 0.15) is 47.6 Å². The van der Waals surface area contributed by atoms with Crippen LogP contribution in [0, 0.1) is 13.8 Å². The SMILES string of the molecule is Cc1cc(C(=O)COC(=O)[C@H](C)Oc2ccccc2)c(C)n1C1CC1.